The van der Waals surface area contributed by atoms with Crippen LogP contribution in [0.4, 0.5) is 0 Å². The van der Waals surface area contributed by atoms with Gasteiger partial charge in [-0.25, -0.2) is 4.79 Å². The molecular weight excluding hydrogens is 198 g/mol. The van der Waals surface area contributed by atoms with Gasteiger partial charge in [0.25, 0.3) is 0 Å². The number of nitrogens with zero attached hydrogens (tertiary/aromatic N) is 1. The van der Waals surface area contributed by atoms with Gasteiger partial charge in [0.1, 0.15) is 11.3 Å². The minimum absolute atomic E-state index is 0.0502. The van der Waals surface area contributed by atoms with E-state index in [4.69, 9.17) is 15.1 Å². The van der Waals surface area contributed by atoms with Gasteiger partial charge in [0, 0.05) is 0 Å². The Hall–Kier alpha value is -2.04. The fraction of sp³-hybridized carbons (Fsp3) is 0.200. The minimum Gasteiger partial charge on any atom is -0.493 e. The van der Waals surface area contributed by atoms with Crippen LogP contribution in [0.2, 0.25) is 0 Å². The molecule has 0 amide bonds. The lowest BCUT2D eigenvalue weighted by Crippen LogP contribution is -2.03. The molecule has 0 bridgehead atoms. The molecule has 5 heteroatoms. The maximum absolute atomic E-state index is 10.9. The average Bonchev–Trinajstić information content (AvgIpc) is 2.21. The van der Waals surface area contributed by atoms with Crippen molar-refractivity contribution in [2.75, 3.05) is 6.61 Å². The molecule has 2 N–H and O–H groups in total. The van der Waals surface area contributed by atoms with Gasteiger partial charge in [-0.3, -0.25) is 0 Å². The van der Waals surface area contributed by atoms with Gasteiger partial charge < -0.3 is 15.1 Å². The zero-order valence-electron chi connectivity index (χ0n) is 8.17. The van der Waals surface area contributed by atoms with Gasteiger partial charge >= 0.3 is 5.97 Å². The van der Waals surface area contributed by atoms with Crippen LogP contribution in [0.25, 0.3) is 0 Å². The second-order valence-electron chi connectivity index (χ2n) is 2.74. The van der Waals surface area contributed by atoms with Gasteiger partial charge in [-0.05, 0) is 30.7 Å². The molecule has 0 saturated heterocycles. The molecule has 0 atom stereocenters. The first-order chi connectivity index (χ1) is 7.19. The molecule has 1 aromatic rings. The molecule has 0 aromatic heterocycles. The summed E-state index contributed by atoms with van der Waals surface area (Å²) in [7, 11) is 0. The molecule has 80 valence electrons. The van der Waals surface area contributed by atoms with Gasteiger partial charge in [0.05, 0.1) is 12.8 Å². The summed E-state index contributed by atoms with van der Waals surface area (Å²) in [6.07, 6.45) is 1.15. The van der Waals surface area contributed by atoms with E-state index in [1.165, 1.54) is 12.1 Å². The molecule has 0 spiro atoms. The van der Waals surface area contributed by atoms with E-state index in [1.807, 2.05) is 0 Å². The number of carboxylic acid groups (broad SMARTS) is 1. The summed E-state index contributed by atoms with van der Waals surface area (Å²) in [5.41, 5.74) is 0.549. The van der Waals surface area contributed by atoms with E-state index in [1.54, 1.807) is 13.0 Å². The quantitative estimate of drug-likeness (QED) is 0.448. The lowest BCUT2D eigenvalue weighted by Gasteiger charge is -2.07. The highest BCUT2D eigenvalue weighted by molar-refractivity contribution is 5.93. The van der Waals surface area contributed by atoms with Crippen molar-refractivity contribution >= 4 is 12.2 Å². The van der Waals surface area contributed by atoms with Crippen molar-refractivity contribution in [1.29, 1.82) is 0 Å². The molecule has 1 rings (SSSR count). The number of hydrogen-bond acceptors (Lipinski definition) is 4. The number of rotatable bonds is 4. The maximum Gasteiger partial charge on any atom is 0.339 e. The molecular formula is C10H11NO4. The second-order valence-corrected chi connectivity index (χ2v) is 2.74. The summed E-state index contributed by atoms with van der Waals surface area (Å²) < 4.78 is 5.14. The fourth-order valence-corrected chi connectivity index (χ4v) is 1.14. The van der Waals surface area contributed by atoms with Crippen molar-refractivity contribution in [2.45, 2.75) is 6.92 Å². The van der Waals surface area contributed by atoms with Gasteiger partial charge in [-0.1, -0.05) is 5.16 Å². The summed E-state index contributed by atoms with van der Waals surface area (Å²) in [6, 6.07) is 4.52. The van der Waals surface area contributed by atoms with Crippen LogP contribution >= 0.6 is 0 Å². The van der Waals surface area contributed by atoms with Crippen LogP contribution in [-0.2, 0) is 0 Å². The lowest BCUT2D eigenvalue weighted by atomic mass is 10.1. The van der Waals surface area contributed by atoms with Crippen molar-refractivity contribution in [3.63, 3.8) is 0 Å². The zero-order chi connectivity index (χ0) is 11.3. The molecule has 0 saturated carbocycles. The van der Waals surface area contributed by atoms with Crippen LogP contribution in [0.3, 0.4) is 0 Å². The van der Waals surface area contributed by atoms with E-state index in [-0.39, 0.29) is 5.56 Å². The highest BCUT2D eigenvalue weighted by Crippen LogP contribution is 2.19. The molecule has 0 aliphatic carbocycles. The zero-order valence-corrected chi connectivity index (χ0v) is 8.17. The third kappa shape index (κ3) is 2.70. The molecule has 0 heterocycles. The number of ether oxygens (including phenoxy) is 1. The summed E-state index contributed by atoms with van der Waals surface area (Å²) in [6.45, 7) is 2.17. The van der Waals surface area contributed by atoms with Crippen LogP contribution in [0, 0.1) is 0 Å². The third-order valence-corrected chi connectivity index (χ3v) is 1.74. The van der Waals surface area contributed by atoms with Crippen LogP contribution in [-0.4, -0.2) is 29.1 Å². The first-order valence-corrected chi connectivity index (χ1v) is 4.36. The Morgan fingerprint density at radius 1 is 1.60 bits per heavy atom. The monoisotopic (exact) mass is 209 g/mol. The Balaban J connectivity index is 3.14. The molecule has 0 aliphatic rings. The summed E-state index contributed by atoms with van der Waals surface area (Å²) in [4.78, 5) is 10.9. The molecule has 0 fully saturated rings. The van der Waals surface area contributed by atoms with Crippen molar-refractivity contribution in [2.24, 2.45) is 5.16 Å². The van der Waals surface area contributed by atoms with Gasteiger partial charge in [0.15, 0.2) is 0 Å². The van der Waals surface area contributed by atoms with Crippen molar-refractivity contribution in [1.82, 2.24) is 0 Å². The van der Waals surface area contributed by atoms with Crippen LogP contribution in [0.15, 0.2) is 23.4 Å². The SMILES string of the molecule is CCOc1ccc(/C=N\O)cc1C(=O)O. The number of oxime groups is 1. The van der Waals surface area contributed by atoms with E-state index < -0.39 is 5.97 Å². The Morgan fingerprint density at radius 3 is 2.87 bits per heavy atom. The van der Waals surface area contributed by atoms with Gasteiger partial charge in [0.2, 0.25) is 0 Å². The van der Waals surface area contributed by atoms with Crippen molar-refractivity contribution < 1.29 is 19.8 Å². The first-order valence-electron chi connectivity index (χ1n) is 4.36. The molecule has 0 aliphatic heterocycles. The summed E-state index contributed by atoms with van der Waals surface area (Å²) in [5.74, 6) is -0.772. The smallest absolute Gasteiger partial charge is 0.339 e. The molecule has 1 aromatic carbocycles. The number of carbonyl (C=O) groups is 1. The van der Waals surface area contributed by atoms with Crippen molar-refractivity contribution in [3.05, 3.63) is 29.3 Å². The minimum atomic E-state index is -1.08. The number of carboxylic acids is 1. The van der Waals surface area contributed by atoms with E-state index >= 15 is 0 Å². The first kappa shape index (κ1) is 11.0. The predicted molar refractivity (Wildman–Crippen MR) is 54.0 cm³/mol. The number of aromatic carboxylic acids is 1. The predicted octanol–water partition coefficient (Wildman–Crippen LogP) is 1.59. The normalized spacial score (nSPS) is 10.5. The Labute approximate surface area is 86.6 Å². The largest absolute Gasteiger partial charge is 0.493 e. The lowest BCUT2D eigenvalue weighted by molar-refractivity contribution is 0.0692. The summed E-state index contributed by atoms with van der Waals surface area (Å²) in [5, 5.41) is 20.0. The number of benzene rings is 1. The highest BCUT2D eigenvalue weighted by atomic mass is 16.5. The van der Waals surface area contributed by atoms with Crippen LogP contribution in [0.5, 0.6) is 5.75 Å². The van der Waals surface area contributed by atoms with E-state index in [2.05, 4.69) is 5.16 Å². The Bertz CT molecular complexity index is 387. The highest BCUT2D eigenvalue weighted by Gasteiger charge is 2.11. The molecule has 5 nitrogen and oxygen atoms in total. The van der Waals surface area contributed by atoms with E-state index in [0.29, 0.717) is 17.9 Å². The molecule has 0 radical (unpaired) electrons. The second kappa shape index (κ2) is 4.99. The standard InChI is InChI=1S/C10H11NO4/c1-2-15-9-4-3-7(6-11-14)5-8(9)10(12)13/h3-6,14H,2H2,1H3,(H,12,13)/b11-6-. The van der Waals surface area contributed by atoms with Crippen LogP contribution < -0.4 is 4.74 Å². The van der Waals surface area contributed by atoms with Crippen LogP contribution in [0.1, 0.15) is 22.8 Å². The maximum atomic E-state index is 10.9. The Morgan fingerprint density at radius 2 is 2.33 bits per heavy atom. The Kier molecular flexibility index (Phi) is 3.68. The van der Waals surface area contributed by atoms with Crippen molar-refractivity contribution in [3.8, 4) is 5.75 Å². The van der Waals surface area contributed by atoms with E-state index in [0.717, 1.165) is 6.21 Å². The fourth-order valence-electron chi connectivity index (χ4n) is 1.14. The third-order valence-electron chi connectivity index (χ3n) is 1.74. The van der Waals surface area contributed by atoms with Gasteiger partial charge in [-0.15, -0.1) is 0 Å². The molecule has 15 heavy (non-hydrogen) atoms. The summed E-state index contributed by atoms with van der Waals surface area (Å²) >= 11 is 0. The van der Waals surface area contributed by atoms with E-state index in [9.17, 15) is 4.79 Å². The van der Waals surface area contributed by atoms with Gasteiger partial charge in [-0.2, -0.15) is 0 Å². The average molecular weight is 209 g/mol. The number of hydrogen-bond donors (Lipinski definition) is 2. The topological polar surface area (TPSA) is 79.1 Å². The molecule has 0 unspecified atom stereocenters.